The summed E-state index contributed by atoms with van der Waals surface area (Å²) in [5, 5.41) is 15.1. The van der Waals surface area contributed by atoms with Crippen molar-refractivity contribution in [2.45, 2.75) is 18.0 Å². The zero-order valence-corrected chi connectivity index (χ0v) is 7.08. The van der Waals surface area contributed by atoms with Gasteiger partial charge in [-0.15, -0.1) is 0 Å². The lowest BCUT2D eigenvalue weighted by molar-refractivity contribution is -0.388. The van der Waals surface area contributed by atoms with Crippen LogP contribution in [0.5, 0.6) is 0 Å². The highest BCUT2D eigenvalue weighted by atomic mass is 32.2. The molecule has 0 aromatic carbocycles. The normalized spacial score (nSPS) is 15.7. The number of fused-ring (bicyclic) bond motifs is 1. The summed E-state index contributed by atoms with van der Waals surface area (Å²) >= 11 is 1.51. The number of nitrogens with zero attached hydrogens (tertiary/aromatic N) is 3. The van der Waals surface area contributed by atoms with Gasteiger partial charge in [0.15, 0.2) is 5.03 Å². The molecule has 0 radical (unpaired) electrons. The monoisotopic (exact) mass is 185 g/mol. The zero-order chi connectivity index (χ0) is 8.55. The molecule has 1 aliphatic heterocycles. The molecule has 0 bridgehead atoms. The van der Waals surface area contributed by atoms with Crippen LogP contribution in [0.15, 0.2) is 11.2 Å². The van der Waals surface area contributed by atoms with Gasteiger partial charge in [-0.3, -0.25) is 14.8 Å². The maximum absolute atomic E-state index is 10.5. The molecule has 0 unspecified atom stereocenters. The van der Waals surface area contributed by atoms with Crippen molar-refractivity contribution < 1.29 is 4.92 Å². The topological polar surface area (TPSA) is 61.0 Å². The molecule has 5 nitrogen and oxygen atoms in total. The molecule has 2 heterocycles. The minimum atomic E-state index is -0.378. The summed E-state index contributed by atoms with van der Waals surface area (Å²) in [6.45, 7) is 0.802. The molecule has 0 saturated heterocycles. The van der Waals surface area contributed by atoms with E-state index in [1.54, 1.807) is 4.68 Å². The van der Waals surface area contributed by atoms with Crippen molar-refractivity contribution in [3.05, 3.63) is 16.3 Å². The number of aromatic nitrogens is 2. The number of rotatable bonds is 1. The van der Waals surface area contributed by atoms with Gasteiger partial charge in [0.1, 0.15) is 6.20 Å². The quantitative estimate of drug-likeness (QED) is 0.488. The minimum Gasteiger partial charge on any atom is -0.258 e. The molecule has 1 aliphatic rings. The smallest absolute Gasteiger partial charge is 0.258 e. The fourth-order valence-electron chi connectivity index (χ4n) is 1.18. The van der Waals surface area contributed by atoms with Gasteiger partial charge in [0.2, 0.25) is 0 Å². The molecule has 6 heteroatoms. The highest BCUT2D eigenvalue weighted by Crippen LogP contribution is 2.32. The molecular formula is C6H7N3O2S. The van der Waals surface area contributed by atoms with Crippen molar-refractivity contribution in [3.63, 3.8) is 0 Å². The Kier molecular flexibility index (Phi) is 1.76. The first-order chi connectivity index (χ1) is 5.79. The van der Waals surface area contributed by atoms with Crippen molar-refractivity contribution >= 4 is 17.4 Å². The summed E-state index contributed by atoms with van der Waals surface area (Å²) in [5.74, 6) is 0.951. The Morgan fingerprint density at radius 3 is 3.33 bits per heavy atom. The molecule has 64 valence electrons. The van der Waals surface area contributed by atoms with E-state index in [-0.39, 0.29) is 10.6 Å². The third kappa shape index (κ3) is 1.08. The summed E-state index contributed by atoms with van der Waals surface area (Å²) in [7, 11) is 0. The van der Waals surface area contributed by atoms with E-state index in [1.807, 2.05) is 0 Å². The van der Waals surface area contributed by atoms with Crippen molar-refractivity contribution in [1.29, 1.82) is 0 Å². The molecule has 0 amide bonds. The number of nitro groups is 1. The van der Waals surface area contributed by atoms with E-state index in [0.29, 0.717) is 5.03 Å². The van der Waals surface area contributed by atoms with Crippen LogP contribution in [-0.4, -0.2) is 20.5 Å². The Balaban J connectivity index is 2.44. The van der Waals surface area contributed by atoms with Gasteiger partial charge in [0, 0.05) is 12.3 Å². The van der Waals surface area contributed by atoms with Crippen LogP contribution in [0.25, 0.3) is 0 Å². The van der Waals surface area contributed by atoms with Crippen LogP contribution < -0.4 is 0 Å². The minimum absolute atomic E-state index is 0.139. The third-order valence-electron chi connectivity index (χ3n) is 1.72. The van der Waals surface area contributed by atoms with E-state index in [0.717, 1.165) is 18.7 Å². The van der Waals surface area contributed by atoms with Crippen LogP contribution in [0.3, 0.4) is 0 Å². The Labute approximate surface area is 72.9 Å². The van der Waals surface area contributed by atoms with Crippen molar-refractivity contribution in [2.75, 3.05) is 5.75 Å². The summed E-state index contributed by atoms with van der Waals surface area (Å²) in [6.07, 6.45) is 2.37. The fraction of sp³-hybridized carbons (Fsp3) is 0.500. The summed E-state index contributed by atoms with van der Waals surface area (Å²) in [6, 6.07) is 0. The van der Waals surface area contributed by atoms with Gasteiger partial charge in [-0.25, -0.2) is 0 Å². The maximum Gasteiger partial charge on any atom is 0.320 e. The number of hydrogen-bond donors (Lipinski definition) is 0. The highest BCUT2D eigenvalue weighted by molar-refractivity contribution is 7.99. The number of aryl methyl sites for hydroxylation is 1. The molecular weight excluding hydrogens is 178 g/mol. The van der Waals surface area contributed by atoms with Gasteiger partial charge in [0.05, 0.1) is 4.92 Å². The Hall–Kier alpha value is -1.04. The first-order valence-corrected chi connectivity index (χ1v) is 4.60. The van der Waals surface area contributed by atoms with E-state index < -0.39 is 0 Å². The van der Waals surface area contributed by atoms with Crippen LogP contribution in [0.2, 0.25) is 0 Å². The summed E-state index contributed by atoms with van der Waals surface area (Å²) < 4.78 is 1.70. The van der Waals surface area contributed by atoms with Crippen LogP contribution in [0.4, 0.5) is 5.69 Å². The van der Waals surface area contributed by atoms with E-state index in [2.05, 4.69) is 5.10 Å². The lowest BCUT2D eigenvalue weighted by Gasteiger charge is -2.10. The second-order valence-electron chi connectivity index (χ2n) is 2.52. The van der Waals surface area contributed by atoms with E-state index >= 15 is 0 Å². The standard InChI is InChI=1S/C6H7N3O2S/c10-9(11)5-4-7-8-2-1-3-12-6(5)8/h4H,1-3H2. The van der Waals surface area contributed by atoms with Gasteiger partial charge < -0.3 is 0 Å². The number of hydrogen-bond acceptors (Lipinski definition) is 4. The molecule has 0 aliphatic carbocycles. The van der Waals surface area contributed by atoms with Gasteiger partial charge in [0.25, 0.3) is 0 Å². The van der Waals surface area contributed by atoms with Crippen LogP contribution in [0, 0.1) is 10.1 Å². The predicted molar refractivity (Wildman–Crippen MR) is 44.2 cm³/mol. The van der Waals surface area contributed by atoms with E-state index in [9.17, 15) is 10.1 Å². The fourth-order valence-corrected chi connectivity index (χ4v) is 2.21. The second-order valence-corrected chi connectivity index (χ2v) is 3.60. The molecule has 2 rings (SSSR count). The highest BCUT2D eigenvalue weighted by Gasteiger charge is 2.22. The van der Waals surface area contributed by atoms with Crippen molar-refractivity contribution in [1.82, 2.24) is 9.78 Å². The Morgan fingerprint density at radius 1 is 1.75 bits per heavy atom. The SMILES string of the molecule is O=[N+]([O-])c1cnn2c1SCCC2. The largest absolute Gasteiger partial charge is 0.320 e. The molecule has 0 spiro atoms. The molecule has 12 heavy (non-hydrogen) atoms. The second kappa shape index (κ2) is 2.78. The van der Waals surface area contributed by atoms with Crippen molar-refractivity contribution in [2.24, 2.45) is 0 Å². The van der Waals surface area contributed by atoms with Gasteiger partial charge in [-0.05, 0) is 6.42 Å². The maximum atomic E-state index is 10.5. The van der Waals surface area contributed by atoms with Crippen LogP contribution in [0.1, 0.15) is 6.42 Å². The van der Waals surface area contributed by atoms with Crippen molar-refractivity contribution in [3.8, 4) is 0 Å². The molecule has 0 N–H and O–H groups in total. The summed E-state index contributed by atoms with van der Waals surface area (Å²) in [4.78, 5) is 10.1. The van der Waals surface area contributed by atoms with Gasteiger partial charge in [-0.1, -0.05) is 11.8 Å². The average Bonchev–Trinajstić information content (AvgIpc) is 2.47. The first kappa shape index (κ1) is 7.60. The summed E-state index contributed by atoms with van der Waals surface area (Å²) in [5.41, 5.74) is 0.139. The Morgan fingerprint density at radius 2 is 2.58 bits per heavy atom. The predicted octanol–water partition coefficient (Wildman–Crippen LogP) is 1.29. The Bertz CT molecular complexity index is 323. The van der Waals surface area contributed by atoms with Gasteiger partial charge >= 0.3 is 5.69 Å². The van der Waals surface area contributed by atoms with Crippen LogP contribution >= 0.6 is 11.8 Å². The molecule has 0 fully saturated rings. The zero-order valence-electron chi connectivity index (χ0n) is 6.27. The molecule has 1 aromatic heterocycles. The van der Waals surface area contributed by atoms with Crippen LogP contribution in [-0.2, 0) is 6.54 Å². The number of thioether (sulfide) groups is 1. The molecule has 1 aromatic rings. The lowest BCUT2D eigenvalue weighted by Crippen LogP contribution is -2.08. The molecule has 0 atom stereocenters. The average molecular weight is 185 g/mol. The molecule has 0 saturated carbocycles. The van der Waals surface area contributed by atoms with E-state index in [4.69, 9.17) is 0 Å². The third-order valence-corrected chi connectivity index (χ3v) is 2.91. The van der Waals surface area contributed by atoms with E-state index in [1.165, 1.54) is 18.0 Å². The lowest BCUT2D eigenvalue weighted by atomic mass is 10.5. The first-order valence-electron chi connectivity index (χ1n) is 3.62. The van der Waals surface area contributed by atoms with Gasteiger partial charge in [-0.2, -0.15) is 5.10 Å².